The van der Waals surface area contributed by atoms with Crippen molar-refractivity contribution in [2.24, 2.45) is 4.99 Å². The molecule has 0 saturated carbocycles. The molecule has 0 atom stereocenters. The second-order valence-corrected chi connectivity index (χ2v) is 5.94. The molecule has 0 amide bonds. The molecule has 0 aliphatic heterocycles. The Morgan fingerprint density at radius 2 is 1.93 bits per heavy atom. The predicted molar refractivity (Wildman–Crippen MR) is 99.6 cm³/mol. The molecular formula is C19H23F2N3O4. The van der Waals surface area contributed by atoms with Crippen LogP contribution in [0.2, 0.25) is 0 Å². The van der Waals surface area contributed by atoms with Crippen LogP contribution in [0.25, 0.3) is 0 Å². The van der Waals surface area contributed by atoms with Crippen LogP contribution >= 0.6 is 0 Å². The van der Waals surface area contributed by atoms with Gasteiger partial charge in [-0.05, 0) is 26.0 Å². The van der Waals surface area contributed by atoms with Gasteiger partial charge in [0, 0.05) is 19.2 Å². The van der Waals surface area contributed by atoms with Crippen molar-refractivity contribution in [1.82, 2.24) is 10.6 Å². The second kappa shape index (κ2) is 9.72. The monoisotopic (exact) mass is 395 g/mol. The van der Waals surface area contributed by atoms with Crippen LogP contribution in [0.15, 0.2) is 33.7 Å². The third kappa shape index (κ3) is 5.70. The van der Waals surface area contributed by atoms with Gasteiger partial charge in [-0.2, -0.15) is 8.78 Å². The maximum Gasteiger partial charge on any atom is 0.387 e. The van der Waals surface area contributed by atoms with Crippen LogP contribution in [-0.4, -0.2) is 32.7 Å². The number of carbonyl (C=O) groups is 1. The summed E-state index contributed by atoms with van der Waals surface area (Å²) in [5.74, 6) is 1.05. The van der Waals surface area contributed by atoms with E-state index in [1.165, 1.54) is 13.2 Å². The Morgan fingerprint density at radius 3 is 2.57 bits per heavy atom. The number of benzene rings is 1. The van der Waals surface area contributed by atoms with E-state index in [2.05, 4.69) is 20.4 Å². The van der Waals surface area contributed by atoms with Crippen molar-refractivity contribution < 1.29 is 27.5 Å². The minimum Gasteiger partial charge on any atom is -0.465 e. The molecule has 1 aromatic heterocycles. The highest BCUT2D eigenvalue weighted by Crippen LogP contribution is 2.22. The zero-order chi connectivity index (χ0) is 20.7. The summed E-state index contributed by atoms with van der Waals surface area (Å²) in [6.45, 7) is 1.14. The maximum atomic E-state index is 12.6. The molecule has 9 heteroatoms. The van der Waals surface area contributed by atoms with Gasteiger partial charge in [-0.15, -0.1) is 0 Å². The number of guanidine groups is 1. The van der Waals surface area contributed by atoms with E-state index in [0.717, 1.165) is 5.56 Å². The van der Waals surface area contributed by atoms with Gasteiger partial charge in [0.15, 0.2) is 5.96 Å². The number of nitrogens with one attached hydrogen (secondary N) is 2. The average molecular weight is 395 g/mol. The van der Waals surface area contributed by atoms with Crippen molar-refractivity contribution in [2.75, 3.05) is 14.2 Å². The Balaban J connectivity index is 1.99. The first-order chi connectivity index (χ1) is 13.3. The molecule has 0 unspecified atom stereocenters. The first-order valence-electron chi connectivity index (χ1n) is 8.50. The number of carbonyl (C=O) groups excluding carboxylic acids is 1. The van der Waals surface area contributed by atoms with Crippen molar-refractivity contribution >= 4 is 11.9 Å². The summed E-state index contributed by atoms with van der Waals surface area (Å²) >= 11 is 0. The third-order valence-corrected chi connectivity index (χ3v) is 3.91. The normalized spacial score (nSPS) is 11.5. The molecule has 2 rings (SSSR count). The summed E-state index contributed by atoms with van der Waals surface area (Å²) in [6, 6.07) is 6.56. The number of halogens is 2. The lowest BCUT2D eigenvalue weighted by atomic mass is 10.1. The van der Waals surface area contributed by atoms with Gasteiger partial charge in [0.25, 0.3) is 0 Å². The first kappa shape index (κ1) is 21.2. The Labute approximate surface area is 161 Å². The molecule has 7 nitrogen and oxygen atoms in total. The summed E-state index contributed by atoms with van der Waals surface area (Å²) in [7, 11) is 2.88. The van der Waals surface area contributed by atoms with E-state index in [1.54, 1.807) is 32.2 Å². The second-order valence-electron chi connectivity index (χ2n) is 5.94. The zero-order valence-electron chi connectivity index (χ0n) is 16.1. The summed E-state index contributed by atoms with van der Waals surface area (Å²) in [4.78, 5) is 15.7. The van der Waals surface area contributed by atoms with Gasteiger partial charge in [-0.3, -0.25) is 4.99 Å². The zero-order valence-corrected chi connectivity index (χ0v) is 16.1. The van der Waals surface area contributed by atoms with E-state index in [0.29, 0.717) is 28.6 Å². The van der Waals surface area contributed by atoms with Crippen molar-refractivity contribution in [2.45, 2.75) is 33.5 Å². The molecule has 0 bridgehead atoms. The molecule has 2 aromatic rings. The van der Waals surface area contributed by atoms with E-state index in [-0.39, 0.29) is 18.8 Å². The Bertz CT molecular complexity index is 850. The van der Waals surface area contributed by atoms with Crippen LogP contribution < -0.4 is 15.4 Å². The van der Waals surface area contributed by atoms with Gasteiger partial charge in [0.1, 0.15) is 22.8 Å². The number of ether oxygens (including phenoxy) is 2. The molecule has 0 aliphatic rings. The molecule has 0 aliphatic carbocycles. The van der Waals surface area contributed by atoms with E-state index in [1.807, 2.05) is 6.92 Å². The fourth-order valence-corrected chi connectivity index (χ4v) is 2.57. The van der Waals surface area contributed by atoms with Crippen molar-refractivity contribution in [1.29, 1.82) is 0 Å². The van der Waals surface area contributed by atoms with Gasteiger partial charge < -0.3 is 24.5 Å². The average Bonchev–Trinajstić information content (AvgIpc) is 3.03. The standard InChI is InChI=1S/C19H23F2N3O4/c1-11-5-6-16(28-18(20)21)13(7-11)9-23-19(22-3)24-10-14-8-15(12(2)27-14)17(25)26-4/h5-8,18H,9-10H2,1-4H3,(H2,22,23,24). The SMILES string of the molecule is CN=C(NCc1cc(C(=O)OC)c(C)o1)NCc1cc(C)ccc1OC(F)F. The molecular weight excluding hydrogens is 372 g/mol. The summed E-state index contributed by atoms with van der Waals surface area (Å²) < 4.78 is 39.9. The Kier molecular flexibility index (Phi) is 7.36. The minimum atomic E-state index is -2.90. The van der Waals surface area contributed by atoms with E-state index in [9.17, 15) is 13.6 Å². The lowest BCUT2D eigenvalue weighted by molar-refractivity contribution is -0.0504. The number of esters is 1. The maximum absolute atomic E-state index is 12.6. The lowest BCUT2D eigenvalue weighted by Crippen LogP contribution is -2.36. The van der Waals surface area contributed by atoms with E-state index in [4.69, 9.17) is 9.15 Å². The number of aryl methyl sites for hydroxylation is 2. The predicted octanol–water partition coefficient (Wildman–Crippen LogP) is 3.15. The number of hydrogen-bond donors (Lipinski definition) is 2. The number of aliphatic imine (C=N–C) groups is 1. The van der Waals surface area contributed by atoms with Crippen molar-refractivity contribution in [3.63, 3.8) is 0 Å². The summed E-state index contributed by atoms with van der Waals surface area (Å²) in [5, 5.41) is 6.07. The van der Waals surface area contributed by atoms with Crippen LogP contribution in [0, 0.1) is 13.8 Å². The van der Waals surface area contributed by atoms with Crippen LogP contribution in [0.1, 0.15) is 33.0 Å². The molecule has 2 N–H and O–H groups in total. The van der Waals surface area contributed by atoms with Gasteiger partial charge in [0.05, 0.1) is 13.7 Å². The minimum absolute atomic E-state index is 0.105. The highest BCUT2D eigenvalue weighted by molar-refractivity contribution is 5.90. The molecule has 28 heavy (non-hydrogen) atoms. The Morgan fingerprint density at radius 1 is 1.21 bits per heavy atom. The van der Waals surface area contributed by atoms with Crippen LogP contribution in [0.3, 0.4) is 0 Å². The molecule has 152 valence electrons. The number of methoxy groups -OCH3 is 1. The molecule has 0 spiro atoms. The van der Waals surface area contributed by atoms with Crippen LogP contribution in [-0.2, 0) is 17.8 Å². The highest BCUT2D eigenvalue weighted by atomic mass is 19.3. The third-order valence-electron chi connectivity index (χ3n) is 3.91. The quantitative estimate of drug-likeness (QED) is 0.426. The number of furan rings is 1. The Hall–Kier alpha value is -3.10. The van der Waals surface area contributed by atoms with Gasteiger partial charge in [-0.25, -0.2) is 4.79 Å². The summed E-state index contributed by atoms with van der Waals surface area (Å²) in [6.07, 6.45) is 0. The lowest BCUT2D eigenvalue weighted by Gasteiger charge is -2.14. The number of rotatable bonds is 7. The fourth-order valence-electron chi connectivity index (χ4n) is 2.57. The van der Waals surface area contributed by atoms with Crippen LogP contribution in [0.5, 0.6) is 5.75 Å². The van der Waals surface area contributed by atoms with Crippen molar-refractivity contribution in [3.8, 4) is 5.75 Å². The van der Waals surface area contributed by atoms with Gasteiger partial charge >= 0.3 is 12.6 Å². The van der Waals surface area contributed by atoms with E-state index < -0.39 is 12.6 Å². The smallest absolute Gasteiger partial charge is 0.387 e. The first-order valence-corrected chi connectivity index (χ1v) is 8.50. The molecule has 1 aromatic carbocycles. The van der Waals surface area contributed by atoms with Crippen LogP contribution in [0.4, 0.5) is 8.78 Å². The largest absolute Gasteiger partial charge is 0.465 e. The molecule has 0 radical (unpaired) electrons. The van der Waals surface area contributed by atoms with Gasteiger partial charge in [0.2, 0.25) is 0 Å². The highest BCUT2D eigenvalue weighted by Gasteiger charge is 2.15. The molecule has 0 fully saturated rings. The topological polar surface area (TPSA) is 85.1 Å². The fraction of sp³-hybridized carbons (Fsp3) is 0.368. The number of hydrogen-bond acceptors (Lipinski definition) is 5. The number of nitrogens with zero attached hydrogens (tertiary/aromatic N) is 1. The number of alkyl halides is 2. The van der Waals surface area contributed by atoms with Crippen molar-refractivity contribution in [3.05, 3.63) is 52.5 Å². The molecule has 1 heterocycles. The van der Waals surface area contributed by atoms with Gasteiger partial charge in [-0.1, -0.05) is 17.7 Å². The molecule has 0 saturated heterocycles. The van der Waals surface area contributed by atoms with E-state index >= 15 is 0 Å². The summed E-state index contributed by atoms with van der Waals surface area (Å²) in [5.41, 5.74) is 1.85.